The van der Waals surface area contributed by atoms with Gasteiger partial charge >= 0.3 is 0 Å². The maximum absolute atomic E-state index is 7.61. The summed E-state index contributed by atoms with van der Waals surface area (Å²) in [6.45, 7) is 22.4. The molecule has 0 heterocycles. The minimum Gasteiger partial charge on any atom is -0.114 e. The van der Waals surface area contributed by atoms with E-state index in [9.17, 15) is 0 Å². The highest BCUT2D eigenvalue weighted by molar-refractivity contribution is 6.70. The summed E-state index contributed by atoms with van der Waals surface area (Å²) in [5.41, 5.74) is 12.9. The smallest absolute Gasteiger partial charge is 0.114 e. The highest BCUT2D eigenvalue weighted by Crippen LogP contribution is 2.57. The fourth-order valence-corrected chi connectivity index (χ4v) is 8.67. The molecule has 0 amide bonds. The molecule has 2 unspecified atom stereocenters. The molecule has 0 nitrogen and oxygen atoms in total. The van der Waals surface area contributed by atoms with Crippen LogP contribution in [0, 0.1) is 0 Å². The zero-order valence-electron chi connectivity index (χ0n) is 21.7. The number of hydrogen-bond acceptors (Lipinski definition) is 0. The van der Waals surface area contributed by atoms with E-state index in [4.69, 9.17) is 23.2 Å². The fourth-order valence-electron chi connectivity index (χ4n) is 5.13. The molecule has 2 aromatic rings. The highest BCUT2D eigenvalue weighted by Gasteiger charge is 2.51. The molecule has 2 atom stereocenters. The molecule has 0 N–H and O–H groups in total. The lowest BCUT2D eigenvalue weighted by Gasteiger charge is -2.35. The summed E-state index contributed by atoms with van der Waals surface area (Å²) >= 11 is 15.2. The van der Waals surface area contributed by atoms with Gasteiger partial charge in [-0.3, -0.25) is 0 Å². The second-order valence-electron chi connectivity index (χ2n) is 12.0. The lowest BCUT2D eigenvalue weighted by molar-refractivity contribution is 0.589. The van der Waals surface area contributed by atoms with Crippen molar-refractivity contribution in [3.8, 4) is 0 Å². The molecule has 2 aromatic carbocycles. The van der Waals surface area contributed by atoms with Crippen LogP contribution in [0.1, 0.15) is 103 Å². The SMILES string of the molecule is CC1=C(C)C(Cl)([Si]C2(Cl)C(C)=C(C)c3cc(C(C)(C)C)ccc32)c2ccc(C(C)(C)C)cc21. The Balaban J connectivity index is 1.84. The Morgan fingerprint density at radius 3 is 1.24 bits per heavy atom. The van der Waals surface area contributed by atoms with Crippen molar-refractivity contribution >= 4 is 43.9 Å². The van der Waals surface area contributed by atoms with Crippen molar-refractivity contribution in [1.82, 2.24) is 0 Å². The Labute approximate surface area is 213 Å². The van der Waals surface area contributed by atoms with Crippen molar-refractivity contribution in [3.05, 3.63) is 80.9 Å². The second-order valence-corrected chi connectivity index (χ2v) is 15.5. The van der Waals surface area contributed by atoms with Crippen LogP contribution in [0.4, 0.5) is 0 Å². The molecule has 4 rings (SSSR count). The summed E-state index contributed by atoms with van der Waals surface area (Å²) in [5, 5.41) is 0. The van der Waals surface area contributed by atoms with Gasteiger partial charge < -0.3 is 0 Å². The summed E-state index contributed by atoms with van der Waals surface area (Å²) in [6, 6.07) is 13.7. The average molecular weight is 496 g/mol. The van der Waals surface area contributed by atoms with Crippen molar-refractivity contribution in [3.63, 3.8) is 0 Å². The molecule has 3 heteroatoms. The standard InChI is InChI=1S/C30H36Cl2Si/c1-17-19(3)29(31,25-13-11-21(15-23(17)25)27(5,6)7)33-30(32)20(4)18(2)24-16-22(28(8,9)10)12-14-26(24)30/h11-16H,1-10H3. The van der Waals surface area contributed by atoms with Gasteiger partial charge in [0.05, 0.1) is 8.99 Å². The predicted molar refractivity (Wildman–Crippen MR) is 148 cm³/mol. The number of rotatable bonds is 2. The summed E-state index contributed by atoms with van der Waals surface area (Å²) in [4.78, 5) is 0. The average Bonchev–Trinajstić information content (AvgIpc) is 3.02. The number of halogens is 2. The minimum atomic E-state index is -0.594. The first-order valence-corrected chi connectivity index (χ1v) is 13.6. The topological polar surface area (TPSA) is 0 Å². The Morgan fingerprint density at radius 2 is 0.939 bits per heavy atom. The molecule has 174 valence electrons. The molecular formula is C30H36Cl2Si. The largest absolute Gasteiger partial charge is 0.118 e. The Hall–Kier alpha value is -1.28. The van der Waals surface area contributed by atoms with Crippen LogP contribution in [0.25, 0.3) is 11.1 Å². The van der Waals surface area contributed by atoms with Crippen LogP contribution < -0.4 is 0 Å². The maximum atomic E-state index is 7.61. The lowest BCUT2D eigenvalue weighted by Crippen LogP contribution is -2.40. The summed E-state index contributed by atoms with van der Waals surface area (Å²) < 4.78 is -1.19. The molecule has 2 aliphatic carbocycles. The summed E-state index contributed by atoms with van der Waals surface area (Å²) in [6.07, 6.45) is 0. The van der Waals surface area contributed by atoms with Crippen LogP contribution in [0.3, 0.4) is 0 Å². The van der Waals surface area contributed by atoms with Crippen molar-refractivity contribution in [2.24, 2.45) is 0 Å². The van der Waals surface area contributed by atoms with Crippen LogP contribution >= 0.6 is 23.2 Å². The van der Waals surface area contributed by atoms with Gasteiger partial charge in [0.2, 0.25) is 0 Å². The molecule has 0 aliphatic heterocycles. The van der Waals surface area contributed by atoms with Crippen LogP contribution in [0.2, 0.25) is 0 Å². The molecule has 0 spiro atoms. The van der Waals surface area contributed by atoms with E-state index in [1.54, 1.807) is 0 Å². The quantitative estimate of drug-likeness (QED) is 0.288. The molecular weight excluding hydrogens is 459 g/mol. The van der Waals surface area contributed by atoms with Gasteiger partial charge in [0.1, 0.15) is 9.52 Å². The van der Waals surface area contributed by atoms with Gasteiger partial charge in [-0.05, 0) is 94.2 Å². The van der Waals surface area contributed by atoms with Gasteiger partial charge in [-0.1, -0.05) is 77.9 Å². The van der Waals surface area contributed by atoms with Crippen LogP contribution in [0.15, 0.2) is 47.5 Å². The van der Waals surface area contributed by atoms with Gasteiger partial charge in [0.25, 0.3) is 0 Å². The first kappa shape index (κ1) is 24.8. The fraction of sp³-hybridized carbons (Fsp3) is 0.467. The predicted octanol–water partition coefficient (Wildman–Crippen LogP) is 9.08. The van der Waals surface area contributed by atoms with E-state index in [1.165, 1.54) is 55.7 Å². The molecule has 2 radical (unpaired) electrons. The molecule has 33 heavy (non-hydrogen) atoms. The van der Waals surface area contributed by atoms with E-state index in [2.05, 4.69) is 106 Å². The summed E-state index contributed by atoms with van der Waals surface area (Å²) in [7, 11) is 0.294. The zero-order valence-corrected chi connectivity index (χ0v) is 24.2. The number of hydrogen-bond donors (Lipinski definition) is 0. The first-order chi connectivity index (χ1) is 15.0. The molecule has 0 aromatic heterocycles. The first-order valence-electron chi connectivity index (χ1n) is 11.9. The molecule has 0 saturated carbocycles. The normalized spacial score (nSPS) is 25.1. The lowest BCUT2D eigenvalue weighted by atomic mass is 9.85. The van der Waals surface area contributed by atoms with Gasteiger partial charge in [0.15, 0.2) is 0 Å². The molecule has 0 saturated heterocycles. The highest BCUT2D eigenvalue weighted by atomic mass is 35.5. The van der Waals surface area contributed by atoms with Crippen molar-refractivity contribution < 1.29 is 0 Å². The number of alkyl halides is 2. The zero-order chi connectivity index (χ0) is 24.7. The van der Waals surface area contributed by atoms with Crippen LogP contribution in [-0.2, 0) is 19.8 Å². The number of fused-ring (bicyclic) bond motifs is 2. The third-order valence-electron chi connectivity index (χ3n) is 7.82. The van der Waals surface area contributed by atoms with E-state index < -0.39 is 8.99 Å². The van der Waals surface area contributed by atoms with E-state index >= 15 is 0 Å². The Bertz CT molecular complexity index is 1120. The van der Waals surface area contributed by atoms with Gasteiger partial charge in [0, 0.05) is 0 Å². The van der Waals surface area contributed by atoms with Crippen molar-refractivity contribution in [1.29, 1.82) is 0 Å². The van der Waals surface area contributed by atoms with Crippen LogP contribution in [0.5, 0.6) is 0 Å². The second kappa shape index (κ2) is 7.61. The van der Waals surface area contributed by atoms with Gasteiger partial charge in [-0.2, -0.15) is 0 Å². The molecule has 0 fully saturated rings. The van der Waals surface area contributed by atoms with E-state index in [1.807, 2.05) is 0 Å². The Kier molecular flexibility index (Phi) is 5.72. The third kappa shape index (κ3) is 3.70. The molecule has 0 bridgehead atoms. The van der Waals surface area contributed by atoms with E-state index in [0.29, 0.717) is 9.52 Å². The number of benzene rings is 2. The van der Waals surface area contributed by atoms with Crippen molar-refractivity contribution in [2.75, 3.05) is 0 Å². The Morgan fingerprint density at radius 1 is 0.606 bits per heavy atom. The van der Waals surface area contributed by atoms with Crippen molar-refractivity contribution in [2.45, 2.75) is 89.1 Å². The van der Waals surface area contributed by atoms with E-state index in [-0.39, 0.29) is 10.8 Å². The molecule has 2 aliphatic rings. The van der Waals surface area contributed by atoms with Gasteiger partial charge in [-0.15, -0.1) is 23.2 Å². The maximum Gasteiger partial charge on any atom is 0.118 e. The monoisotopic (exact) mass is 494 g/mol. The van der Waals surface area contributed by atoms with Gasteiger partial charge in [-0.25, -0.2) is 0 Å². The number of allylic oxidation sites excluding steroid dienone is 4. The third-order valence-corrected chi connectivity index (χ3v) is 11.3. The van der Waals surface area contributed by atoms with E-state index in [0.717, 1.165) is 0 Å². The summed E-state index contributed by atoms with van der Waals surface area (Å²) in [5.74, 6) is 0. The minimum absolute atomic E-state index is 0.0996. The van der Waals surface area contributed by atoms with Crippen LogP contribution in [-0.4, -0.2) is 9.52 Å².